The van der Waals surface area contributed by atoms with Gasteiger partial charge in [0.05, 0.1) is 5.38 Å². The molecule has 0 fully saturated rings. The van der Waals surface area contributed by atoms with Crippen LogP contribution < -0.4 is 0 Å². The second-order valence-electron chi connectivity index (χ2n) is 3.95. The van der Waals surface area contributed by atoms with Crippen molar-refractivity contribution in [1.29, 1.82) is 0 Å². The molecule has 1 aromatic carbocycles. The van der Waals surface area contributed by atoms with Crippen molar-refractivity contribution >= 4 is 27.5 Å². The fraction of sp³-hybridized carbons (Fsp3) is 0.214. The van der Waals surface area contributed by atoms with Crippen molar-refractivity contribution in [3.63, 3.8) is 0 Å². The van der Waals surface area contributed by atoms with Gasteiger partial charge in [-0.25, -0.2) is 0 Å². The third kappa shape index (κ3) is 3.08. The highest BCUT2D eigenvalue weighted by molar-refractivity contribution is 9.10. The van der Waals surface area contributed by atoms with Crippen LogP contribution in [0.1, 0.15) is 22.2 Å². The van der Waals surface area contributed by atoms with Gasteiger partial charge in [0.1, 0.15) is 0 Å². The smallest absolute Gasteiger partial charge is 0.0643 e. The minimum Gasteiger partial charge on any atom is -0.261 e. The maximum absolute atomic E-state index is 6.46. The van der Waals surface area contributed by atoms with Gasteiger partial charge in [-0.3, -0.25) is 4.98 Å². The third-order valence-electron chi connectivity index (χ3n) is 2.76. The number of hydrogen-bond donors (Lipinski definition) is 0. The molecule has 1 unspecified atom stereocenters. The monoisotopic (exact) mass is 309 g/mol. The Morgan fingerprint density at radius 3 is 2.76 bits per heavy atom. The van der Waals surface area contributed by atoms with Crippen molar-refractivity contribution in [2.45, 2.75) is 18.7 Å². The van der Waals surface area contributed by atoms with Gasteiger partial charge < -0.3 is 0 Å². The molecule has 0 aliphatic rings. The third-order valence-corrected chi connectivity index (χ3v) is 4.01. The van der Waals surface area contributed by atoms with Crippen LogP contribution >= 0.6 is 27.5 Å². The molecule has 0 amide bonds. The van der Waals surface area contributed by atoms with Crippen LogP contribution in [0.25, 0.3) is 0 Å². The lowest BCUT2D eigenvalue weighted by atomic mass is 10.0. The van der Waals surface area contributed by atoms with Crippen LogP contribution in [0.5, 0.6) is 0 Å². The number of pyridine rings is 1. The van der Waals surface area contributed by atoms with Crippen molar-refractivity contribution < 1.29 is 0 Å². The summed E-state index contributed by atoms with van der Waals surface area (Å²) in [4.78, 5) is 4.30. The SMILES string of the molecule is Cc1c(Br)cccc1C(Cl)Cc1ccccn1. The second-order valence-corrected chi connectivity index (χ2v) is 5.33. The number of nitrogens with zero attached hydrogens (tertiary/aromatic N) is 1. The molecule has 17 heavy (non-hydrogen) atoms. The Kier molecular flexibility index (Phi) is 4.19. The molecule has 0 bridgehead atoms. The summed E-state index contributed by atoms with van der Waals surface area (Å²) in [5.41, 5.74) is 3.38. The summed E-state index contributed by atoms with van der Waals surface area (Å²) >= 11 is 9.98. The molecule has 2 rings (SSSR count). The lowest BCUT2D eigenvalue weighted by molar-refractivity contribution is 0.872. The van der Waals surface area contributed by atoms with Crippen LogP contribution in [-0.2, 0) is 6.42 Å². The van der Waals surface area contributed by atoms with Gasteiger partial charge in [-0.2, -0.15) is 0 Å². The van der Waals surface area contributed by atoms with Gasteiger partial charge in [-0.05, 0) is 36.2 Å². The molecule has 1 aromatic heterocycles. The first-order chi connectivity index (χ1) is 8.18. The maximum Gasteiger partial charge on any atom is 0.0643 e. The molecule has 0 radical (unpaired) electrons. The van der Waals surface area contributed by atoms with Crippen molar-refractivity contribution in [2.75, 3.05) is 0 Å². The second kappa shape index (κ2) is 5.65. The molecular formula is C14H13BrClN. The Bertz CT molecular complexity index is 499. The summed E-state index contributed by atoms with van der Waals surface area (Å²) < 4.78 is 1.10. The Morgan fingerprint density at radius 1 is 1.24 bits per heavy atom. The zero-order valence-electron chi connectivity index (χ0n) is 9.53. The largest absolute Gasteiger partial charge is 0.261 e. The van der Waals surface area contributed by atoms with Crippen molar-refractivity contribution in [3.05, 3.63) is 63.9 Å². The maximum atomic E-state index is 6.46. The molecule has 1 nitrogen and oxygen atoms in total. The molecule has 1 atom stereocenters. The van der Waals surface area contributed by atoms with Gasteiger partial charge in [0.2, 0.25) is 0 Å². The van der Waals surface area contributed by atoms with Crippen molar-refractivity contribution in [2.24, 2.45) is 0 Å². The van der Waals surface area contributed by atoms with Crippen molar-refractivity contribution in [3.8, 4) is 0 Å². The molecule has 88 valence electrons. The van der Waals surface area contributed by atoms with Crippen LogP contribution in [-0.4, -0.2) is 4.98 Å². The van der Waals surface area contributed by atoms with Crippen LogP contribution in [0.4, 0.5) is 0 Å². The van der Waals surface area contributed by atoms with E-state index in [1.807, 2.05) is 30.3 Å². The standard InChI is InChI=1S/C14H13BrClN/c1-10-12(6-4-7-13(10)15)14(16)9-11-5-2-3-8-17-11/h2-8,14H,9H2,1H3. The van der Waals surface area contributed by atoms with Gasteiger partial charge >= 0.3 is 0 Å². The Morgan fingerprint density at radius 2 is 2.06 bits per heavy atom. The first-order valence-electron chi connectivity index (χ1n) is 5.47. The van der Waals surface area contributed by atoms with E-state index < -0.39 is 0 Å². The summed E-state index contributed by atoms with van der Waals surface area (Å²) in [7, 11) is 0. The van der Waals surface area contributed by atoms with E-state index in [1.54, 1.807) is 6.20 Å². The van der Waals surface area contributed by atoms with Gasteiger partial charge in [0, 0.05) is 22.8 Å². The van der Waals surface area contributed by atoms with Crippen LogP contribution in [0.2, 0.25) is 0 Å². The van der Waals surface area contributed by atoms with Crippen LogP contribution in [0, 0.1) is 6.92 Å². The van der Waals surface area contributed by atoms with Gasteiger partial charge in [-0.1, -0.05) is 34.1 Å². The average Bonchev–Trinajstić information content (AvgIpc) is 2.34. The topological polar surface area (TPSA) is 12.9 Å². The van der Waals surface area contributed by atoms with Crippen molar-refractivity contribution in [1.82, 2.24) is 4.98 Å². The molecule has 3 heteroatoms. The summed E-state index contributed by atoms with van der Waals surface area (Å²) in [6, 6.07) is 12.0. The lowest BCUT2D eigenvalue weighted by Crippen LogP contribution is -2.00. The van der Waals surface area contributed by atoms with E-state index in [-0.39, 0.29) is 5.38 Å². The number of halogens is 2. The van der Waals surface area contributed by atoms with Crippen LogP contribution in [0.3, 0.4) is 0 Å². The molecule has 0 N–H and O–H groups in total. The highest BCUT2D eigenvalue weighted by Crippen LogP contribution is 2.30. The van der Waals surface area contributed by atoms with Gasteiger partial charge in [-0.15, -0.1) is 11.6 Å². The molecule has 0 saturated heterocycles. The van der Waals surface area contributed by atoms with E-state index in [0.717, 1.165) is 22.2 Å². The molecular weight excluding hydrogens is 298 g/mol. The Balaban J connectivity index is 2.20. The van der Waals surface area contributed by atoms with Gasteiger partial charge in [0.15, 0.2) is 0 Å². The van der Waals surface area contributed by atoms with E-state index in [4.69, 9.17) is 11.6 Å². The van der Waals surface area contributed by atoms with E-state index in [2.05, 4.69) is 33.9 Å². The highest BCUT2D eigenvalue weighted by atomic mass is 79.9. The van der Waals surface area contributed by atoms with E-state index in [1.165, 1.54) is 5.56 Å². The van der Waals surface area contributed by atoms with E-state index in [0.29, 0.717) is 0 Å². The van der Waals surface area contributed by atoms with E-state index in [9.17, 15) is 0 Å². The fourth-order valence-corrected chi connectivity index (χ4v) is 2.55. The fourth-order valence-electron chi connectivity index (χ4n) is 1.78. The molecule has 1 heterocycles. The minimum atomic E-state index is -0.0394. The zero-order chi connectivity index (χ0) is 12.3. The Labute approximate surface area is 115 Å². The lowest BCUT2D eigenvalue weighted by Gasteiger charge is -2.13. The number of benzene rings is 1. The summed E-state index contributed by atoms with van der Waals surface area (Å²) in [5.74, 6) is 0. The first kappa shape index (κ1) is 12.6. The predicted molar refractivity (Wildman–Crippen MR) is 75.4 cm³/mol. The molecule has 0 saturated carbocycles. The van der Waals surface area contributed by atoms with Gasteiger partial charge in [0.25, 0.3) is 0 Å². The normalized spacial score (nSPS) is 12.4. The quantitative estimate of drug-likeness (QED) is 0.750. The first-order valence-corrected chi connectivity index (χ1v) is 6.70. The number of alkyl halides is 1. The molecule has 0 spiro atoms. The Hall–Kier alpha value is -0.860. The van der Waals surface area contributed by atoms with Crippen LogP contribution in [0.15, 0.2) is 47.1 Å². The molecule has 0 aliphatic carbocycles. The molecule has 0 aliphatic heterocycles. The summed E-state index contributed by atoms with van der Waals surface area (Å²) in [5, 5.41) is -0.0394. The number of hydrogen-bond acceptors (Lipinski definition) is 1. The van der Waals surface area contributed by atoms with E-state index >= 15 is 0 Å². The summed E-state index contributed by atoms with van der Waals surface area (Å²) in [6.07, 6.45) is 2.55. The zero-order valence-corrected chi connectivity index (χ0v) is 11.9. The predicted octanol–water partition coefficient (Wildman–Crippen LogP) is 4.68. The average molecular weight is 311 g/mol. The summed E-state index contributed by atoms with van der Waals surface area (Å²) in [6.45, 7) is 2.08. The number of aromatic nitrogens is 1. The minimum absolute atomic E-state index is 0.0394. The molecule has 2 aromatic rings. The highest BCUT2D eigenvalue weighted by Gasteiger charge is 2.13. The number of rotatable bonds is 3.